The number of halogens is 1. The maximum Gasteiger partial charge on any atom is 0.331 e. The number of nitrogens with zero attached hydrogens (tertiary/aromatic N) is 5. The second-order valence-electron chi connectivity index (χ2n) is 7.61. The van der Waals surface area contributed by atoms with Crippen LogP contribution in [-0.2, 0) is 27.7 Å². The largest absolute Gasteiger partial charge is 0.448 e. The van der Waals surface area contributed by atoms with Crippen molar-refractivity contribution in [2.45, 2.75) is 17.0 Å². The highest BCUT2D eigenvalue weighted by Gasteiger charge is 2.38. The summed E-state index contributed by atoms with van der Waals surface area (Å²) < 4.78 is 12.0. The van der Waals surface area contributed by atoms with Gasteiger partial charge in [0.15, 0.2) is 5.22 Å². The summed E-state index contributed by atoms with van der Waals surface area (Å²) in [6, 6.07) is 5.27. The molecule has 0 spiro atoms. The number of aliphatic hydroxyl groups excluding tert-OH is 1. The highest BCUT2D eigenvalue weighted by molar-refractivity contribution is 8.00. The van der Waals surface area contributed by atoms with Gasteiger partial charge in [-0.25, -0.2) is 4.79 Å². The van der Waals surface area contributed by atoms with Crippen molar-refractivity contribution in [2.24, 2.45) is 21.1 Å². The number of aromatic nitrogens is 5. The van der Waals surface area contributed by atoms with Crippen LogP contribution in [0.3, 0.4) is 0 Å². The molecule has 9 nitrogen and oxygen atoms in total. The van der Waals surface area contributed by atoms with Gasteiger partial charge < -0.3 is 14.1 Å². The van der Waals surface area contributed by atoms with E-state index >= 15 is 0 Å². The first-order chi connectivity index (χ1) is 14.8. The van der Waals surface area contributed by atoms with E-state index in [9.17, 15) is 14.7 Å². The molecule has 0 aliphatic carbocycles. The first kappa shape index (κ1) is 20.2. The molecule has 0 bridgehead atoms. The van der Waals surface area contributed by atoms with Crippen LogP contribution in [0, 0.1) is 0 Å². The molecule has 5 heterocycles. The topological polar surface area (TPSA) is 100 Å². The lowest BCUT2D eigenvalue weighted by Crippen LogP contribution is -2.37. The summed E-state index contributed by atoms with van der Waals surface area (Å²) in [4.78, 5) is 26.1. The minimum absolute atomic E-state index is 0.0534. The third-order valence-electron chi connectivity index (χ3n) is 5.68. The molecule has 5 rings (SSSR count). The van der Waals surface area contributed by atoms with E-state index in [0.29, 0.717) is 34.6 Å². The van der Waals surface area contributed by atoms with Crippen molar-refractivity contribution in [3.63, 3.8) is 0 Å². The van der Waals surface area contributed by atoms with Crippen LogP contribution in [0.1, 0.15) is 16.7 Å². The summed E-state index contributed by atoms with van der Waals surface area (Å²) in [6.07, 6.45) is 1.80. The molecule has 31 heavy (non-hydrogen) atoms. The van der Waals surface area contributed by atoms with Gasteiger partial charge in [0.1, 0.15) is 16.7 Å². The van der Waals surface area contributed by atoms with E-state index in [4.69, 9.17) is 16.0 Å². The Morgan fingerprint density at radius 2 is 2.00 bits per heavy atom. The Balaban J connectivity index is 1.96. The van der Waals surface area contributed by atoms with Crippen molar-refractivity contribution in [1.29, 1.82) is 0 Å². The van der Waals surface area contributed by atoms with Crippen molar-refractivity contribution in [3.05, 3.63) is 61.9 Å². The van der Waals surface area contributed by atoms with E-state index in [-0.39, 0.29) is 27.9 Å². The van der Waals surface area contributed by atoms with Crippen LogP contribution in [0.5, 0.6) is 0 Å². The molecule has 1 aliphatic rings. The molecule has 4 aromatic rings. The molecule has 1 aliphatic heterocycles. The average molecular weight is 462 g/mol. The van der Waals surface area contributed by atoms with Gasteiger partial charge in [0, 0.05) is 39.1 Å². The second kappa shape index (κ2) is 7.18. The zero-order valence-electron chi connectivity index (χ0n) is 17.1. The van der Waals surface area contributed by atoms with E-state index in [1.165, 1.54) is 23.4 Å². The molecule has 0 amide bonds. The van der Waals surface area contributed by atoms with Gasteiger partial charge in [-0.3, -0.25) is 18.6 Å². The maximum atomic E-state index is 13.3. The summed E-state index contributed by atoms with van der Waals surface area (Å²) >= 11 is 7.57. The summed E-state index contributed by atoms with van der Waals surface area (Å²) in [5.41, 5.74) is 1.74. The number of hydrogen-bond acceptors (Lipinski definition) is 6. The van der Waals surface area contributed by atoms with Gasteiger partial charge in [0.25, 0.3) is 5.56 Å². The Hall–Kier alpha value is -2.69. The fraction of sp³-hybridized carbons (Fsp3) is 0.350. The molecule has 1 N–H and O–H groups in total. The quantitative estimate of drug-likeness (QED) is 0.500. The van der Waals surface area contributed by atoms with Crippen molar-refractivity contribution in [2.75, 3.05) is 6.61 Å². The van der Waals surface area contributed by atoms with E-state index in [1.54, 1.807) is 37.1 Å². The van der Waals surface area contributed by atoms with Crippen molar-refractivity contribution >= 4 is 34.3 Å². The first-order valence-corrected chi connectivity index (χ1v) is 11.0. The SMILES string of the molecule is Cn1ccc(-c2c3c(=O)n(C)c(=O)n(C)c3c3n2C[C@H](CO)S[C@@H]3c2ccc(Cl)o2)n1. The van der Waals surface area contributed by atoms with Gasteiger partial charge >= 0.3 is 5.69 Å². The lowest BCUT2D eigenvalue weighted by Gasteiger charge is -2.30. The van der Waals surface area contributed by atoms with E-state index in [2.05, 4.69) is 5.10 Å². The highest BCUT2D eigenvalue weighted by Crippen LogP contribution is 2.48. The van der Waals surface area contributed by atoms with Gasteiger partial charge in [0.2, 0.25) is 0 Å². The maximum absolute atomic E-state index is 13.3. The molecular formula is C20H20ClN5O4S. The Kier molecular flexibility index (Phi) is 4.68. The summed E-state index contributed by atoms with van der Waals surface area (Å²) in [5.74, 6) is 0.592. The smallest absolute Gasteiger partial charge is 0.331 e. The Bertz CT molecular complexity index is 1440. The van der Waals surface area contributed by atoms with Gasteiger partial charge in [-0.15, -0.1) is 11.8 Å². The van der Waals surface area contributed by atoms with Crippen LogP contribution in [0.4, 0.5) is 0 Å². The number of furan rings is 1. The summed E-state index contributed by atoms with van der Waals surface area (Å²) in [7, 11) is 4.93. The first-order valence-electron chi connectivity index (χ1n) is 9.65. The third-order valence-corrected chi connectivity index (χ3v) is 7.29. The normalized spacial score (nSPS) is 18.6. The molecule has 2 atom stereocenters. The summed E-state index contributed by atoms with van der Waals surface area (Å²) in [5, 5.41) is 14.7. The molecule has 0 saturated heterocycles. The predicted molar refractivity (Wildman–Crippen MR) is 119 cm³/mol. The Morgan fingerprint density at radius 1 is 1.23 bits per heavy atom. The van der Waals surface area contributed by atoms with Gasteiger partial charge in [0.05, 0.1) is 28.9 Å². The lowest BCUT2D eigenvalue weighted by molar-refractivity contribution is 0.283. The van der Waals surface area contributed by atoms with Gasteiger partial charge in [-0.1, -0.05) is 0 Å². The standard InChI is InChI=1S/C20H20ClN5O4S/c1-23-7-6-11(22-23)15-14-16(24(2)20(29)25(3)19(14)28)17-18(12-4-5-13(21)30-12)31-10(9-27)8-26(15)17/h4-7,10,18,27H,8-9H2,1-3H3/t10-,18-/m1/s1. The molecule has 11 heteroatoms. The number of rotatable bonds is 3. The van der Waals surface area contributed by atoms with Crippen LogP contribution in [-0.4, -0.2) is 40.4 Å². The van der Waals surface area contributed by atoms with Crippen molar-refractivity contribution < 1.29 is 9.52 Å². The number of thioether (sulfide) groups is 1. The monoisotopic (exact) mass is 461 g/mol. The van der Waals surface area contributed by atoms with E-state index in [0.717, 1.165) is 10.3 Å². The predicted octanol–water partition coefficient (Wildman–Crippen LogP) is 1.88. The van der Waals surface area contributed by atoms with Crippen molar-refractivity contribution in [1.82, 2.24) is 23.5 Å². The lowest BCUT2D eigenvalue weighted by atomic mass is 10.2. The van der Waals surface area contributed by atoms with Crippen LogP contribution < -0.4 is 11.2 Å². The molecule has 4 aromatic heterocycles. The third kappa shape index (κ3) is 2.93. The molecule has 162 valence electrons. The van der Waals surface area contributed by atoms with E-state index < -0.39 is 5.69 Å². The number of hydrogen-bond donors (Lipinski definition) is 1. The second-order valence-corrected chi connectivity index (χ2v) is 9.39. The molecule has 0 fully saturated rings. The van der Waals surface area contributed by atoms with Gasteiger partial charge in [-0.2, -0.15) is 5.10 Å². The zero-order chi connectivity index (χ0) is 22.0. The highest BCUT2D eigenvalue weighted by atomic mass is 35.5. The van der Waals surface area contributed by atoms with Crippen LogP contribution in [0.2, 0.25) is 5.22 Å². The van der Waals surface area contributed by atoms with Crippen molar-refractivity contribution in [3.8, 4) is 11.4 Å². The fourth-order valence-electron chi connectivity index (χ4n) is 4.28. The Morgan fingerprint density at radius 3 is 2.61 bits per heavy atom. The van der Waals surface area contributed by atoms with Crippen LogP contribution in [0.25, 0.3) is 22.3 Å². The molecule has 0 unspecified atom stereocenters. The minimum atomic E-state index is -0.413. The van der Waals surface area contributed by atoms with E-state index in [1.807, 2.05) is 10.6 Å². The fourth-order valence-corrected chi connectivity index (χ4v) is 5.77. The van der Waals surface area contributed by atoms with Crippen LogP contribution >= 0.6 is 23.4 Å². The minimum Gasteiger partial charge on any atom is -0.448 e. The zero-order valence-corrected chi connectivity index (χ0v) is 18.6. The van der Waals surface area contributed by atoms with Gasteiger partial charge in [-0.05, 0) is 29.8 Å². The number of aryl methyl sites for hydroxylation is 2. The number of aliphatic hydroxyl groups is 1. The molecule has 0 aromatic carbocycles. The van der Waals surface area contributed by atoms with Crippen LogP contribution in [0.15, 0.2) is 38.4 Å². The number of fused-ring (bicyclic) bond motifs is 3. The molecule has 0 radical (unpaired) electrons. The Labute approximate surface area is 185 Å². The average Bonchev–Trinajstić information content (AvgIpc) is 3.46. The molecule has 0 saturated carbocycles. The summed E-state index contributed by atoms with van der Waals surface area (Å²) in [6.45, 7) is 0.404. The molecular weight excluding hydrogens is 442 g/mol.